The molecule has 8 heteroatoms. The van der Waals surface area contributed by atoms with Crippen LogP contribution in [0.5, 0.6) is 0 Å². The standard InChI is InChI=1S/C13H12ClN3O3S/c14-12-4-2-9(21-12)5-6-16-13(18)8-1-3-11(17(19)20)10(15)7-8/h1-4,7H,5-6,15H2,(H,16,18). The molecule has 0 aliphatic rings. The number of carbonyl (C=O) groups excluding carboxylic acids is 1. The van der Waals surface area contributed by atoms with Crippen LogP contribution in [0.3, 0.4) is 0 Å². The Balaban J connectivity index is 1.94. The van der Waals surface area contributed by atoms with Gasteiger partial charge in [0.15, 0.2) is 0 Å². The highest BCUT2D eigenvalue weighted by Crippen LogP contribution is 2.22. The SMILES string of the molecule is Nc1cc(C(=O)NCCc2ccc(Cl)s2)ccc1[N+](=O)[O-]. The number of nitro benzene ring substituents is 1. The average Bonchev–Trinajstić information content (AvgIpc) is 2.83. The molecule has 2 rings (SSSR count). The summed E-state index contributed by atoms with van der Waals surface area (Å²) < 4.78 is 0.708. The van der Waals surface area contributed by atoms with E-state index in [4.69, 9.17) is 17.3 Å². The lowest BCUT2D eigenvalue weighted by molar-refractivity contribution is -0.383. The second-order valence-electron chi connectivity index (χ2n) is 4.24. The molecule has 0 aliphatic heterocycles. The summed E-state index contributed by atoms with van der Waals surface area (Å²) in [5.41, 5.74) is 5.60. The fraction of sp³-hybridized carbons (Fsp3) is 0.154. The number of halogens is 1. The van der Waals surface area contributed by atoms with Crippen LogP contribution in [0.2, 0.25) is 4.34 Å². The molecule has 1 heterocycles. The zero-order valence-electron chi connectivity index (χ0n) is 10.8. The predicted octanol–water partition coefficient (Wildman–Crippen LogP) is 2.86. The Bertz CT molecular complexity index is 687. The van der Waals surface area contributed by atoms with Crippen molar-refractivity contribution in [2.24, 2.45) is 0 Å². The molecule has 0 bridgehead atoms. The lowest BCUT2D eigenvalue weighted by Gasteiger charge is -2.05. The minimum Gasteiger partial charge on any atom is -0.393 e. The van der Waals surface area contributed by atoms with Crippen molar-refractivity contribution in [3.63, 3.8) is 0 Å². The maximum atomic E-state index is 11.9. The van der Waals surface area contributed by atoms with E-state index >= 15 is 0 Å². The van der Waals surface area contributed by atoms with E-state index in [-0.39, 0.29) is 17.3 Å². The van der Waals surface area contributed by atoms with Crippen molar-refractivity contribution in [1.29, 1.82) is 0 Å². The first-order valence-electron chi connectivity index (χ1n) is 6.03. The fourth-order valence-electron chi connectivity index (χ4n) is 1.75. The second kappa shape index (κ2) is 6.55. The van der Waals surface area contributed by atoms with Crippen molar-refractivity contribution in [3.05, 3.63) is 55.2 Å². The van der Waals surface area contributed by atoms with Crippen molar-refractivity contribution >= 4 is 40.2 Å². The number of anilines is 1. The van der Waals surface area contributed by atoms with Gasteiger partial charge in [-0.05, 0) is 30.7 Å². The first-order valence-corrected chi connectivity index (χ1v) is 7.23. The fourth-order valence-corrected chi connectivity index (χ4v) is 2.84. The molecule has 2 aromatic rings. The Morgan fingerprint density at radius 3 is 2.71 bits per heavy atom. The molecule has 0 aliphatic carbocycles. The number of nitrogen functional groups attached to an aromatic ring is 1. The summed E-state index contributed by atoms with van der Waals surface area (Å²) in [6, 6.07) is 7.62. The summed E-state index contributed by atoms with van der Waals surface area (Å²) in [6.07, 6.45) is 0.672. The summed E-state index contributed by atoms with van der Waals surface area (Å²) in [7, 11) is 0. The summed E-state index contributed by atoms with van der Waals surface area (Å²) in [5, 5.41) is 13.4. The van der Waals surface area contributed by atoms with Gasteiger partial charge < -0.3 is 11.1 Å². The van der Waals surface area contributed by atoms with Gasteiger partial charge in [0, 0.05) is 23.1 Å². The first kappa shape index (κ1) is 15.3. The Kier molecular flexibility index (Phi) is 4.77. The number of amides is 1. The van der Waals surface area contributed by atoms with Crippen LogP contribution < -0.4 is 11.1 Å². The molecule has 0 spiro atoms. The molecule has 0 fully saturated rings. The highest BCUT2D eigenvalue weighted by atomic mass is 35.5. The van der Waals surface area contributed by atoms with E-state index in [1.807, 2.05) is 6.07 Å². The van der Waals surface area contributed by atoms with Crippen LogP contribution in [0.1, 0.15) is 15.2 Å². The van der Waals surface area contributed by atoms with E-state index in [1.165, 1.54) is 29.5 Å². The molecule has 0 atom stereocenters. The molecular weight excluding hydrogens is 314 g/mol. The number of nitro groups is 1. The minimum atomic E-state index is -0.586. The van der Waals surface area contributed by atoms with Gasteiger partial charge in [0.05, 0.1) is 9.26 Å². The van der Waals surface area contributed by atoms with Crippen LogP contribution in [0.25, 0.3) is 0 Å². The third-order valence-electron chi connectivity index (χ3n) is 2.77. The summed E-state index contributed by atoms with van der Waals surface area (Å²) in [4.78, 5) is 23.1. The summed E-state index contributed by atoms with van der Waals surface area (Å²) >= 11 is 7.28. The smallest absolute Gasteiger partial charge is 0.292 e. The monoisotopic (exact) mass is 325 g/mol. The summed E-state index contributed by atoms with van der Waals surface area (Å²) in [6.45, 7) is 0.451. The Labute approximate surface area is 129 Å². The third-order valence-corrected chi connectivity index (χ3v) is 4.06. The van der Waals surface area contributed by atoms with Gasteiger partial charge in [0.1, 0.15) is 5.69 Å². The average molecular weight is 326 g/mol. The van der Waals surface area contributed by atoms with Crippen LogP contribution in [0, 0.1) is 10.1 Å². The number of carbonyl (C=O) groups is 1. The maximum Gasteiger partial charge on any atom is 0.292 e. The van der Waals surface area contributed by atoms with E-state index in [1.54, 1.807) is 6.07 Å². The molecule has 0 unspecified atom stereocenters. The molecule has 1 aromatic carbocycles. The molecule has 0 saturated heterocycles. The lowest BCUT2D eigenvalue weighted by atomic mass is 10.1. The van der Waals surface area contributed by atoms with Gasteiger partial charge in [-0.25, -0.2) is 0 Å². The Morgan fingerprint density at radius 1 is 1.38 bits per heavy atom. The number of hydrogen-bond donors (Lipinski definition) is 2. The van der Waals surface area contributed by atoms with E-state index in [0.29, 0.717) is 22.9 Å². The molecular formula is C13H12ClN3O3S. The van der Waals surface area contributed by atoms with Gasteiger partial charge in [0.25, 0.3) is 11.6 Å². The number of thiophene rings is 1. The maximum absolute atomic E-state index is 11.9. The minimum absolute atomic E-state index is 0.0299. The van der Waals surface area contributed by atoms with E-state index < -0.39 is 4.92 Å². The number of nitrogens with two attached hydrogens (primary N) is 1. The highest BCUT2D eigenvalue weighted by Gasteiger charge is 2.14. The van der Waals surface area contributed by atoms with Crippen molar-refractivity contribution in [2.75, 3.05) is 12.3 Å². The third kappa shape index (κ3) is 3.93. The van der Waals surface area contributed by atoms with Crippen molar-refractivity contribution < 1.29 is 9.72 Å². The van der Waals surface area contributed by atoms with Gasteiger partial charge in [0.2, 0.25) is 0 Å². The highest BCUT2D eigenvalue weighted by molar-refractivity contribution is 7.16. The number of nitrogens with one attached hydrogen (secondary N) is 1. The number of benzene rings is 1. The number of rotatable bonds is 5. The van der Waals surface area contributed by atoms with Crippen LogP contribution >= 0.6 is 22.9 Å². The largest absolute Gasteiger partial charge is 0.393 e. The first-order chi connectivity index (χ1) is 9.97. The molecule has 1 aromatic heterocycles. The van der Waals surface area contributed by atoms with Gasteiger partial charge in [-0.1, -0.05) is 11.6 Å². The molecule has 6 nitrogen and oxygen atoms in total. The van der Waals surface area contributed by atoms with Crippen LogP contribution in [0.4, 0.5) is 11.4 Å². The van der Waals surface area contributed by atoms with E-state index in [0.717, 1.165) is 4.88 Å². The molecule has 3 N–H and O–H groups in total. The van der Waals surface area contributed by atoms with Crippen molar-refractivity contribution in [3.8, 4) is 0 Å². The zero-order chi connectivity index (χ0) is 15.4. The molecule has 110 valence electrons. The molecule has 0 saturated carbocycles. The number of nitrogens with zero attached hydrogens (tertiary/aromatic N) is 1. The quantitative estimate of drug-likeness (QED) is 0.501. The predicted molar refractivity (Wildman–Crippen MR) is 82.9 cm³/mol. The van der Waals surface area contributed by atoms with Crippen molar-refractivity contribution in [1.82, 2.24) is 5.32 Å². The molecule has 21 heavy (non-hydrogen) atoms. The zero-order valence-corrected chi connectivity index (χ0v) is 12.4. The Hall–Kier alpha value is -2.12. The lowest BCUT2D eigenvalue weighted by Crippen LogP contribution is -2.25. The summed E-state index contributed by atoms with van der Waals surface area (Å²) in [5.74, 6) is -0.320. The number of hydrogen-bond acceptors (Lipinski definition) is 5. The molecule has 0 radical (unpaired) electrons. The Morgan fingerprint density at radius 2 is 2.14 bits per heavy atom. The molecule has 1 amide bonds. The topological polar surface area (TPSA) is 98.3 Å². The van der Waals surface area contributed by atoms with Crippen molar-refractivity contribution in [2.45, 2.75) is 6.42 Å². The second-order valence-corrected chi connectivity index (χ2v) is 6.04. The van der Waals surface area contributed by atoms with Gasteiger partial charge >= 0.3 is 0 Å². The van der Waals surface area contributed by atoms with Gasteiger partial charge in [-0.3, -0.25) is 14.9 Å². The van der Waals surface area contributed by atoms with Gasteiger partial charge in [-0.2, -0.15) is 0 Å². The van der Waals surface area contributed by atoms with Crippen LogP contribution in [-0.2, 0) is 6.42 Å². The van der Waals surface area contributed by atoms with Crippen LogP contribution in [0.15, 0.2) is 30.3 Å². The van der Waals surface area contributed by atoms with Crippen LogP contribution in [-0.4, -0.2) is 17.4 Å². The van der Waals surface area contributed by atoms with E-state index in [2.05, 4.69) is 5.32 Å². The normalized spacial score (nSPS) is 10.3. The van der Waals surface area contributed by atoms with Gasteiger partial charge in [-0.15, -0.1) is 11.3 Å². The van der Waals surface area contributed by atoms with E-state index in [9.17, 15) is 14.9 Å².